The number of rotatable bonds is 5. The zero-order valence-electron chi connectivity index (χ0n) is 9.15. The first-order chi connectivity index (χ1) is 7.33. The Kier molecular flexibility index (Phi) is 3.20. The van der Waals surface area contributed by atoms with Gasteiger partial charge in [-0.3, -0.25) is 0 Å². The normalized spacial score (nSPS) is 16.4. The molecule has 0 aliphatic heterocycles. The number of nitrogens with two attached hydrogens (primary N) is 1. The van der Waals surface area contributed by atoms with Crippen LogP contribution in [0.2, 0.25) is 0 Å². The zero-order chi connectivity index (χ0) is 10.7. The maximum atomic E-state index is 5.43. The van der Waals surface area contributed by atoms with Crippen LogP contribution in [0.25, 0.3) is 0 Å². The van der Waals surface area contributed by atoms with Gasteiger partial charge in [0.05, 0.1) is 6.54 Å². The van der Waals surface area contributed by atoms with Gasteiger partial charge in [-0.05, 0) is 25.7 Å². The van der Waals surface area contributed by atoms with E-state index in [1.54, 1.807) is 0 Å². The van der Waals surface area contributed by atoms with Crippen molar-refractivity contribution in [3.05, 3.63) is 5.89 Å². The summed E-state index contributed by atoms with van der Waals surface area (Å²) in [4.78, 5) is 2.13. The standard InChI is InChI=1S/C10H18N4O/c1-2-14(7-8-4-3-5-8)10-13-12-9(6-11)15-10/h8H,2-7,11H2,1H3. The van der Waals surface area contributed by atoms with Gasteiger partial charge in [-0.15, -0.1) is 5.10 Å². The molecule has 1 aliphatic rings. The molecule has 1 saturated carbocycles. The SMILES string of the molecule is CCN(CC1CCC1)c1nnc(CN)o1. The van der Waals surface area contributed by atoms with Crippen LogP contribution in [0.15, 0.2) is 4.42 Å². The van der Waals surface area contributed by atoms with Crippen LogP contribution in [0.1, 0.15) is 32.1 Å². The Morgan fingerprint density at radius 2 is 2.27 bits per heavy atom. The lowest BCUT2D eigenvalue weighted by atomic mass is 9.85. The molecule has 0 bridgehead atoms. The van der Waals surface area contributed by atoms with E-state index in [4.69, 9.17) is 10.2 Å². The van der Waals surface area contributed by atoms with Crippen LogP contribution < -0.4 is 10.6 Å². The molecule has 0 aromatic carbocycles. The van der Waals surface area contributed by atoms with E-state index < -0.39 is 0 Å². The number of hydrogen-bond acceptors (Lipinski definition) is 5. The molecule has 0 spiro atoms. The summed E-state index contributed by atoms with van der Waals surface area (Å²) in [5.41, 5.74) is 5.43. The summed E-state index contributed by atoms with van der Waals surface area (Å²) in [5.74, 6) is 1.32. The van der Waals surface area contributed by atoms with Crippen molar-refractivity contribution in [2.45, 2.75) is 32.7 Å². The summed E-state index contributed by atoms with van der Waals surface area (Å²) in [6.07, 6.45) is 4.02. The topological polar surface area (TPSA) is 68.2 Å². The molecule has 2 N–H and O–H groups in total. The van der Waals surface area contributed by atoms with Crippen molar-refractivity contribution < 1.29 is 4.42 Å². The lowest BCUT2D eigenvalue weighted by molar-refractivity contribution is 0.312. The quantitative estimate of drug-likeness (QED) is 0.789. The van der Waals surface area contributed by atoms with Crippen LogP contribution in [0.5, 0.6) is 0 Å². The molecule has 5 nitrogen and oxygen atoms in total. The minimum Gasteiger partial charge on any atom is -0.407 e. The van der Waals surface area contributed by atoms with Crippen LogP contribution >= 0.6 is 0 Å². The number of aromatic nitrogens is 2. The van der Waals surface area contributed by atoms with Gasteiger partial charge in [0.1, 0.15) is 0 Å². The molecule has 1 fully saturated rings. The van der Waals surface area contributed by atoms with E-state index in [9.17, 15) is 0 Å². The largest absolute Gasteiger partial charge is 0.407 e. The van der Waals surface area contributed by atoms with Crippen molar-refractivity contribution >= 4 is 6.01 Å². The predicted molar refractivity (Wildman–Crippen MR) is 57.4 cm³/mol. The molecule has 15 heavy (non-hydrogen) atoms. The molecular formula is C10H18N4O. The van der Waals surface area contributed by atoms with E-state index in [1.165, 1.54) is 19.3 Å². The van der Waals surface area contributed by atoms with Gasteiger partial charge >= 0.3 is 6.01 Å². The second-order valence-corrected chi connectivity index (χ2v) is 4.02. The first-order valence-corrected chi connectivity index (χ1v) is 5.61. The van der Waals surface area contributed by atoms with E-state index in [0.717, 1.165) is 19.0 Å². The summed E-state index contributed by atoms with van der Waals surface area (Å²) in [5, 5.41) is 7.87. The lowest BCUT2D eigenvalue weighted by Gasteiger charge is -2.30. The molecule has 1 aliphatic carbocycles. The Labute approximate surface area is 89.6 Å². The molecule has 84 valence electrons. The third-order valence-corrected chi connectivity index (χ3v) is 2.99. The lowest BCUT2D eigenvalue weighted by Crippen LogP contribution is -2.32. The Morgan fingerprint density at radius 3 is 2.73 bits per heavy atom. The van der Waals surface area contributed by atoms with Crippen LogP contribution in [0, 0.1) is 5.92 Å². The summed E-state index contributed by atoms with van der Waals surface area (Å²) >= 11 is 0. The van der Waals surface area contributed by atoms with Crippen LogP contribution in [0.4, 0.5) is 6.01 Å². The Bertz CT molecular complexity index is 308. The van der Waals surface area contributed by atoms with Gasteiger partial charge in [0.15, 0.2) is 0 Å². The molecule has 2 rings (SSSR count). The minimum absolute atomic E-state index is 0.313. The van der Waals surface area contributed by atoms with Crippen LogP contribution in [-0.2, 0) is 6.54 Å². The first kappa shape index (κ1) is 10.4. The third-order valence-electron chi connectivity index (χ3n) is 2.99. The number of anilines is 1. The highest BCUT2D eigenvalue weighted by atomic mass is 16.4. The van der Waals surface area contributed by atoms with Crippen LogP contribution in [0.3, 0.4) is 0 Å². The molecule has 1 aromatic heterocycles. The molecule has 0 radical (unpaired) electrons. The van der Waals surface area contributed by atoms with Gasteiger partial charge in [-0.25, -0.2) is 0 Å². The van der Waals surface area contributed by atoms with E-state index in [2.05, 4.69) is 22.0 Å². The Balaban J connectivity index is 1.97. The molecule has 0 amide bonds. The molecule has 0 atom stereocenters. The average Bonchev–Trinajstić information content (AvgIpc) is 2.65. The van der Waals surface area contributed by atoms with Gasteiger partial charge in [0.2, 0.25) is 5.89 Å². The fourth-order valence-corrected chi connectivity index (χ4v) is 1.78. The van der Waals surface area contributed by atoms with Gasteiger partial charge in [0, 0.05) is 13.1 Å². The summed E-state index contributed by atoms with van der Waals surface area (Å²) in [7, 11) is 0. The second-order valence-electron chi connectivity index (χ2n) is 4.02. The van der Waals surface area contributed by atoms with Gasteiger partial charge in [0.25, 0.3) is 0 Å². The zero-order valence-corrected chi connectivity index (χ0v) is 9.15. The van der Waals surface area contributed by atoms with Crippen LogP contribution in [-0.4, -0.2) is 23.3 Å². The van der Waals surface area contributed by atoms with Crippen molar-refractivity contribution in [2.75, 3.05) is 18.0 Å². The summed E-state index contributed by atoms with van der Waals surface area (Å²) in [6.45, 7) is 4.35. The highest BCUT2D eigenvalue weighted by molar-refractivity contribution is 5.23. The Morgan fingerprint density at radius 1 is 1.47 bits per heavy atom. The fraction of sp³-hybridized carbons (Fsp3) is 0.800. The van der Waals surface area contributed by atoms with E-state index >= 15 is 0 Å². The van der Waals surface area contributed by atoms with Gasteiger partial charge in [-0.2, -0.15) is 0 Å². The molecule has 1 heterocycles. The predicted octanol–water partition coefficient (Wildman–Crippen LogP) is 1.15. The molecule has 0 unspecified atom stereocenters. The average molecular weight is 210 g/mol. The monoisotopic (exact) mass is 210 g/mol. The van der Waals surface area contributed by atoms with E-state index in [1.807, 2.05) is 0 Å². The number of hydrogen-bond donors (Lipinski definition) is 1. The third kappa shape index (κ3) is 2.28. The second kappa shape index (κ2) is 4.61. The van der Waals surface area contributed by atoms with Gasteiger partial charge < -0.3 is 15.1 Å². The van der Waals surface area contributed by atoms with Crippen molar-refractivity contribution in [1.29, 1.82) is 0 Å². The molecule has 0 saturated heterocycles. The van der Waals surface area contributed by atoms with Crippen molar-refractivity contribution in [2.24, 2.45) is 11.7 Å². The molecule has 1 aromatic rings. The highest BCUT2D eigenvalue weighted by Gasteiger charge is 2.22. The van der Waals surface area contributed by atoms with E-state index in [-0.39, 0.29) is 0 Å². The minimum atomic E-state index is 0.313. The highest BCUT2D eigenvalue weighted by Crippen LogP contribution is 2.28. The number of nitrogens with zero attached hydrogens (tertiary/aromatic N) is 3. The van der Waals surface area contributed by atoms with Crippen molar-refractivity contribution in [3.8, 4) is 0 Å². The maximum absolute atomic E-state index is 5.43. The van der Waals surface area contributed by atoms with Crippen molar-refractivity contribution in [1.82, 2.24) is 10.2 Å². The first-order valence-electron chi connectivity index (χ1n) is 5.61. The van der Waals surface area contributed by atoms with E-state index in [0.29, 0.717) is 18.5 Å². The molecule has 5 heteroatoms. The molecular weight excluding hydrogens is 192 g/mol. The summed E-state index contributed by atoms with van der Waals surface area (Å²) in [6, 6.07) is 0.616. The smallest absolute Gasteiger partial charge is 0.318 e. The summed E-state index contributed by atoms with van der Waals surface area (Å²) < 4.78 is 5.43. The maximum Gasteiger partial charge on any atom is 0.318 e. The van der Waals surface area contributed by atoms with Gasteiger partial charge in [-0.1, -0.05) is 11.5 Å². The Hall–Kier alpha value is -1.10. The van der Waals surface area contributed by atoms with Crippen molar-refractivity contribution in [3.63, 3.8) is 0 Å². The fourth-order valence-electron chi connectivity index (χ4n) is 1.78.